The number of hydrogen-bond donors (Lipinski definition) is 1. The summed E-state index contributed by atoms with van der Waals surface area (Å²) in [6, 6.07) is 18.9. The van der Waals surface area contributed by atoms with Gasteiger partial charge in [-0.2, -0.15) is 0 Å². The number of nitrogens with one attached hydrogen (secondary N) is 1. The maximum Gasteiger partial charge on any atom is 0.257 e. The van der Waals surface area contributed by atoms with Crippen molar-refractivity contribution >= 4 is 5.91 Å². The first-order valence-corrected chi connectivity index (χ1v) is 10.1. The second-order valence-electron chi connectivity index (χ2n) is 7.53. The van der Waals surface area contributed by atoms with E-state index in [0.717, 1.165) is 43.9 Å². The van der Waals surface area contributed by atoms with Gasteiger partial charge < -0.3 is 15.0 Å². The maximum atomic E-state index is 12.0. The lowest BCUT2D eigenvalue weighted by molar-refractivity contribution is -0.123. The van der Waals surface area contributed by atoms with Crippen LogP contribution in [0.5, 0.6) is 5.75 Å². The van der Waals surface area contributed by atoms with Gasteiger partial charge in [-0.3, -0.25) is 9.69 Å². The molecule has 0 aliphatic carbocycles. The van der Waals surface area contributed by atoms with Crippen molar-refractivity contribution < 1.29 is 9.53 Å². The third-order valence-corrected chi connectivity index (χ3v) is 5.18. The number of nitrogens with zero attached hydrogens (tertiary/aromatic N) is 2. The topological polar surface area (TPSA) is 44.8 Å². The molecule has 0 radical (unpaired) electrons. The lowest BCUT2D eigenvalue weighted by Gasteiger charge is -2.40. The minimum atomic E-state index is -0.0699. The summed E-state index contributed by atoms with van der Waals surface area (Å²) in [5.74, 6) is 0.665. The monoisotopic (exact) mass is 381 g/mol. The summed E-state index contributed by atoms with van der Waals surface area (Å²) >= 11 is 0. The lowest BCUT2D eigenvalue weighted by atomic mass is 10.0. The molecule has 1 N–H and O–H groups in total. The molecular formula is C23H31N3O2. The van der Waals surface area contributed by atoms with Gasteiger partial charge in [0.25, 0.3) is 5.91 Å². The lowest BCUT2D eigenvalue weighted by Crippen LogP contribution is -2.47. The Kier molecular flexibility index (Phi) is 7.46. The molecule has 1 amide bonds. The van der Waals surface area contributed by atoms with E-state index in [2.05, 4.69) is 52.5 Å². The van der Waals surface area contributed by atoms with Gasteiger partial charge in [-0.25, -0.2) is 0 Å². The molecule has 1 aliphatic heterocycles. The summed E-state index contributed by atoms with van der Waals surface area (Å²) in [6.07, 6.45) is 0.934. The summed E-state index contributed by atoms with van der Waals surface area (Å²) in [5, 5.41) is 2.97. The smallest absolute Gasteiger partial charge is 0.257 e. The summed E-state index contributed by atoms with van der Waals surface area (Å²) < 4.78 is 5.55. The van der Waals surface area contributed by atoms with Gasteiger partial charge in [-0.15, -0.1) is 0 Å². The maximum absolute atomic E-state index is 12.0. The molecule has 0 bridgehead atoms. The highest BCUT2D eigenvalue weighted by Crippen LogP contribution is 2.24. The van der Waals surface area contributed by atoms with E-state index >= 15 is 0 Å². The van der Waals surface area contributed by atoms with Gasteiger partial charge in [0, 0.05) is 38.8 Å². The van der Waals surface area contributed by atoms with E-state index in [0.29, 0.717) is 12.6 Å². The number of ether oxygens (including phenoxy) is 1. The third kappa shape index (κ3) is 6.08. The number of benzene rings is 2. The minimum Gasteiger partial charge on any atom is -0.484 e. The van der Waals surface area contributed by atoms with Gasteiger partial charge in [0.15, 0.2) is 6.61 Å². The number of amides is 1. The van der Waals surface area contributed by atoms with Gasteiger partial charge in [0.05, 0.1) is 0 Å². The van der Waals surface area contributed by atoms with Crippen LogP contribution in [0.2, 0.25) is 0 Å². The van der Waals surface area contributed by atoms with Crippen LogP contribution in [-0.2, 0) is 4.79 Å². The van der Waals surface area contributed by atoms with Gasteiger partial charge in [0.1, 0.15) is 5.75 Å². The zero-order valence-electron chi connectivity index (χ0n) is 16.9. The Balaban J connectivity index is 1.40. The number of carbonyl (C=O) groups is 1. The van der Waals surface area contributed by atoms with Crippen molar-refractivity contribution in [3.8, 4) is 5.75 Å². The highest BCUT2D eigenvalue weighted by atomic mass is 16.5. The van der Waals surface area contributed by atoms with E-state index in [1.54, 1.807) is 0 Å². The van der Waals surface area contributed by atoms with Gasteiger partial charge in [-0.1, -0.05) is 42.5 Å². The van der Waals surface area contributed by atoms with E-state index in [1.165, 1.54) is 5.56 Å². The zero-order chi connectivity index (χ0) is 19.8. The molecule has 150 valence electrons. The van der Waals surface area contributed by atoms with Crippen LogP contribution < -0.4 is 10.1 Å². The summed E-state index contributed by atoms with van der Waals surface area (Å²) in [6.45, 7) is 6.90. The zero-order valence-corrected chi connectivity index (χ0v) is 16.9. The summed E-state index contributed by atoms with van der Waals surface area (Å²) in [5.41, 5.74) is 2.49. The van der Waals surface area contributed by atoms with E-state index in [9.17, 15) is 4.79 Å². The third-order valence-electron chi connectivity index (χ3n) is 5.18. The first-order chi connectivity index (χ1) is 13.6. The first kappa shape index (κ1) is 20.4. The average Bonchev–Trinajstić information content (AvgIpc) is 2.71. The molecular weight excluding hydrogens is 350 g/mol. The van der Waals surface area contributed by atoms with Crippen LogP contribution in [0.15, 0.2) is 54.6 Å². The number of rotatable bonds is 8. The molecule has 1 aliphatic rings. The fourth-order valence-electron chi connectivity index (χ4n) is 3.63. The van der Waals surface area contributed by atoms with Crippen LogP contribution in [0.1, 0.15) is 23.6 Å². The average molecular weight is 382 g/mol. The Labute approximate surface area is 168 Å². The molecule has 3 rings (SSSR count). The molecule has 0 unspecified atom stereocenters. The Morgan fingerprint density at radius 2 is 1.96 bits per heavy atom. The van der Waals surface area contributed by atoms with Crippen molar-refractivity contribution in [2.75, 3.05) is 46.4 Å². The Morgan fingerprint density at radius 1 is 1.14 bits per heavy atom. The molecule has 0 spiro atoms. The van der Waals surface area contributed by atoms with Crippen LogP contribution in [0.3, 0.4) is 0 Å². The van der Waals surface area contributed by atoms with Crippen molar-refractivity contribution in [3.05, 3.63) is 65.7 Å². The highest BCUT2D eigenvalue weighted by molar-refractivity contribution is 5.77. The Hall–Kier alpha value is -2.37. The minimum absolute atomic E-state index is 0.0601. The van der Waals surface area contributed by atoms with Gasteiger partial charge in [0.2, 0.25) is 0 Å². The molecule has 5 nitrogen and oxygen atoms in total. The van der Waals surface area contributed by atoms with Crippen LogP contribution >= 0.6 is 0 Å². The van der Waals surface area contributed by atoms with Crippen LogP contribution in [0.4, 0.5) is 0 Å². The molecule has 1 fully saturated rings. The Morgan fingerprint density at radius 3 is 2.75 bits per heavy atom. The quantitative estimate of drug-likeness (QED) is 0.714. The number of hydrogen-bond acceptors (Lipinski definition) is 4. The molecule has 0 aromatic heterocycles. The Bertz CT molecular complexity index is 751. The first-order valence-electron chi connectivity index (χ1n) is 10.1. The van der Waals surface area contributed by atoms with Crippen LogP contribution in [0, 0.1) is 6.92 Å². The van der Waals surface area contributed by atoms with Crippen molar-refractivity contribution in [2.45, 2.75) is 19.4 Å². The molecule has 0 saturated carbocycles. The van der Waals surface area contributed by atoms with Gasteiger partial charge >= 0.3 is 0 Å². The van der Waals surface area contributed by atoms with E-state index in [4.69, 9.17) is 4.74 Å². The number of likely N-dealkylation sites (N-methyl/N-ethyl adjacent to an activating group) is 1. The van der Waals surface area contributed by atoms with Crippen molar-refractivity contribution in [3.63, 3.8) is 0 Å². The van der Waals surface area contributed by atoms with Crippen LogP contribution in [-0.4, -0.2) is 62.1 Å². The SMILES string of the molecule is Cc1cccc(OCC(=O)NCCCN2CCN(C)C[C@H]2c2ccccc2)c1. The highest BCUT2D eigenvalue weighted by Gasteiger charge is 2.25. The number of aryl methyl sites for hydroxylation is 1. The van der Waals surface area contributed by atoms with Crippen LogP contribution in [0.25, 0.3) is 0 Å². The molecule has 1 heterocycles. The molecule has 1 atom stereocenters. The van der Waals surface area contributed by atoms with Gasteiger partial charge in [-0.05, 0) is 43.7 Å². The summed E-state index contributed by atoms with van der Waals surface area (Å²) in [7, 11) is 2.18. The molecule has 28 heavy (non-hydrogen) atoms. The normalized spacial score (nSPS) is 18.0. The fraction of sp³-hybridized carbons (Fsp3) is 0.435. The largest absolute Gasteiger partial charge is 0.484 e. The second kappa shape index (κ2) is 10.2. The molecule has 5 heteroatoms. The number of piperazine rings is 1. The summed E-state index contributed by atoms with van der Waals surface area (Å²) in [4.78, 5) is 16.9. The predicted octanol–water partition coefficient (Wildman–Crippen LogP) is 2.87. The standard InChI is InChI=1S/C23H31N3O2/c1-19-8-6-11-21(16-19)28-18-23(27)24-12-7-13-26-15-14-25(2)17-22(26)20-9-4-3-5-10-20/h3-6,8-11,16,22H,7,12-15,17-18H2,1-2H3,(H,24,27)/t22-/m0/s1. The van der Waals surface area contributed by atoms with Crippen molar-refractivity contribution in [2.24, 2.45) is 0 Å². The van der Waals surface area contributed by atoms with E-state index in [1.807, 2.05) is 31.2 Å². The fourth-order valence-corrected chi connectivity index (χ4v) is 3.63. The predicted molar refractivity (Wildman–Crippen MR) is 113 cm³/mol. The van der Waals surface area contributed by atoms with Crippen molar-refractivity contribution in [1.29, 1.82) is 0 Å². The molecule has 1 saturated heterocycles. The van der Waals surface area contributed by atoms with E-state index in [-0.39, 0.29) is 12.5 Å². The molecule has 2 aromatic rings. The molecule has 2 aromatic carbocycles. The van der Waals surface area contributed by atoms with E-state index < -0.39 is 0 Å². The van der Waals surface area contributed by atoms with Crippen molar-refractivity contribution in [1.82, 2.24) is 15.1 Å². The second-order valence-corrected chi connectivity index (χ2v) is 7.53. The number of carbonyl (C=O) groups excluding carboxylic acids is 1.